The fourth-order valence-electron chi connectivity index (χ4n) is 0.927. The zero-order valence-electron chi connectivity index (χ0n) is 11.4. The molecule has 0 atom stereocenters. The number of hydrogen-bond donors (Lipinski definition) is 1. The van der Waals surface area contributed by atoms with E-state index in [0.29, 0.717) is 0 Å². The van der Waals surface area contributed by atoms with Crippen LogP contribution in [0.25, 0.3) is 0 Å². The van der Waals surface area contributed by atoms with Crippen molar-refractivity contribution < 1.29 is 0 Å². The zero-order valence-corrected chi connectivity index (χ0v) is 11.4. The number of nitrogens with one attached hydrogen (secondary N) is 1. The summed E-state index contributed by atoms with van der Waals surface area (Å²) in [5, 5.41) is 3.11. The van der Waals surface area contributed by atoms with Crippen molar-refractivity contribution in [1.29, 1.82) is 0 Å². The lowest BCUT2D eigenvalue weighted by Gasteiger charge is -1.90. The molecule has 0 unspecified atom stereocenters. The van der Waals surface area contributed by atoms with Gasteiger partial charge in [-0.1, -0.05) is 73.6 Å². The van der Waals surface area contributed by atoms with Gasteiger partial charge in [0, 0.05) is 0 Å². The molecule has 14 heavy (non-hydrogen) atoms. The van der Waals surface area contributed by atoms with Crippen LogP contribution in [0, 0.1) is 0 Å². The highest BCUT2D eigenvalue weighted by Gasteiger charge is 1.80. The Hall–Kier alpha value is -0.0400. The van der Waals surface area contributed by atoms with Crippen LogP contribution in [0.3, 0.4) is 0 Å². The molecule has 0 heterocycles. The van der Waals surface area contributed by atoms with E-state index in [1.165, 1.54) is 32.1 Å². The van der Waals surface area contributed by atoms with Crippen molar-refractivity contribution in [2.45, 2.75) is 73.6 Å². The molecule has 0 saturated carbocycles. The molecule has 0 saturated heterocycles. The van der Waals surface area contributed by atoms with E-state index >= 15 is 0 Å². The molecule has 0 aromatic heterocycles. The molecule has 0 aliphatic carbocycles. The maximum atomic E-state index is 3.11. The molecule has 0 aromatic rings. The topological polar surface area (TPSA) is 12.0 Å². The van der Waals surface area contributed by atoms with Gasteiger partial charge in [-0.25, -0.2) is 0 Å². The Kier molecular flexibility index (Phi) is 40.8. The predicted octanol–water partition coefficient (Wildman–Crippen LogP) is 4.62. The molecule has 0 radical (unpaired) electrons. The fourth-order valence-corrected chi connectivity index (χ4v) is 0.927. The van der Waals surface area contributed by atoms with Crippen LogP contribution in [0.4, 0.5) is 0 Å². The Morgan fingerprint density at radius 2 is 1.00 bits per heavy atom. The summed E-state index contributed by atoms with van der Waals surface area (Å²) in [4.78, 5) is 0. The van der Waals surface area contributed by atoms with E-state index in [9.17, 15) is 0 Å². The van der Waals surface area contributed by atoms with Gasteiger partial charge in [-0.2, -0.15) is 0 Å². The first-order valence-electron chi connectivity index (χ1n) is 6.54. The molecule has 1 nitrogen and oxygen atoms in total. The predicted molar refractivity (Wildman–Crippen MR) is 70.0 cm³/mol. The second-order valence-corrected chi connectivity index (χ2v) is 3.02. The van der Waals surface area contributed by atoms with Gasteiger partial charge in [0.25, 0.3) is 0 Å². The van der Waals surface area contributed by atoms with E-state index in [1.54, 1.807) is 0 Å². The average molecular weight is 203 g/mol. The van der Waals surface area contributed by atoms with Crippen LogP contribution in [0.15, 0.2) is 0 Å². The highest BCUT2D eigenvalue weighted by molar-refractivity contribution is 4.35. The van der Waals surface area contributed by atoms with Crippen molar-refractivity contribution in [3.8, 4) is 0 Å². The standard InChI is InChI=1S/C7H16.C4H11N.C2H6/c1-3-5-7-6-4-2;1-3-5-4-2;1-2/h3-7H2,1-2H3;5H,3-4H2,1-2H3;1-2H3. The maximum absolute atomic E-state index is 3.11. The molecular weight excluding hydrogens is 170 g/mol. The van der Waals surface area contributed by atoms with E-state index in [0.717, 1.165) is 13.1 Å². The zero-order chi connectivity index (χ0) is 11.7. The van der Waals surface area contributed by atoms with Crippen LogP contribution < -0.4 is 5.32 Å². The molecule has 0 bridgehead atoms. The summed E-state index contributed by atoms with van der Waals surface area (Å²) < 4.78 is 0. The molecule has 90 valence electrons. The molecule has 0 rings (SSSR count). The lowest BCUT2D eigenvalue weighted by Crippen LogP contribution is -2.09. The van der Waals surface area contributed by atoms with Crippen LogP contribution in [-0.2, 0) is 0 Å². The quantitative estimate of drug-likeness (QED) is 0.621. The molecule has 0 aliphatic rings. The van der Waals surface area contributed by atoms with Gasteiger partial charge < -0.3 is 5.32 Å². The summed E-state index contributed by atoms with van der Waals surface area (Å²) in [6.07, 6.45) is 7.01. The Balaban J connectivity index is -0.000000152. The number of rotatable bonds is 6. The minimum absolute atomic E-state index is 1.09. The summed E-state index contributed by atoms with van der Waals surface area (Å²) in [5.74, 6) is 0. The molecule has 0 fully saturated rings. The van der Waals surface area contributed by atoms with E-state index in [1.807, 2.05) is 13.8 Å². The highest BCUT2D eigenvalue weighted by Crippen LogP contribution is 2.00. The highest BCUT2D eigenvalue weighted by atomic mass is 14.8. The van der Waals surface area contributed by atoms with Crippen molar-refractivity contribution in [3.63, 3.8) is 0 Å². The largest absolute Gasteiger partial charge is 0.317 e. The van der Waals surface area contributed by atoms with Gasteiger partial charge in [-0.15, -0.1) is 0 Å². The Morgan fingerprint density at radius 3 is 1.14 bits per heavy atom. The second-order valence-electron chi connectivity index (χ2n) is 3.02. The van der Waals surface area contributed by atoms with Crippen molar-refractivity contribution >= 4 is 0 Å². The van der Waals surface area contributed by atoms with E-state index < -0.39 is 0 Å². The van der Waals surface area contributed by atoms with E-state index in [4.69, 9.17) is 0 Å². The minimum atomic E-state index is 1.09. The maximum Gasteiger partial charge on any atom is -0.00775 e. The van der Waals surface area contributed by atoms with Crippen LogP contribution >= 0.6 is 0 Å². The minimum Gasteiger partial charge on any atom is -0.317 e. The first-order valence-corrected chi connectivity index (χ1v) is 6.54. The molecule has 1 N–H and O–H groups in total. The molecular formula is C13H33N. The van der Waals surface area contributed by atoms with Crippen molar-refractivity contribution in [1.82, 2.24) is 5.32 Å². The Morgan fingerprint density at radius 1 is 0.643 bits per heavy atom. The third kappa shape index (κ3) is 40.4. The van der Waals surface area contributed by atoms with E-state index in [-0.39, 0.29) is 0 Å². The lowest BCUT2D eigenvalue weighted by molar-refractivity contribution is 0.656. The van der Waals surface area contributed by atoms with Gasteiger partial charge in [0.05, 0.1) is 0 Å². The van der Waals surface area contributed by atoms with Gasteiger partial charge in [0.1, 0.15) is 0 Å². The molecule has 1 heteroatoms. The van der Waals surface area contributed by atoms with Gasteiger partial charge in [0.15, 0.2) is 0 Å². The van der Waals surface area contributed by atoms with Gasteiger partial charge in [-0.05, 0) is 13.1 Å². The second kappa shape index (κ2) is 29.3. The fraction of sp³-hybridized carbons (Fsp3) is 1.00. The third-order valence-electron chi connectivity index (χ3n) is 1.71. The smallest absolute Gasteiger partial charge is 0.00775 e. The van der Waals surface area contributed by atoms with Gasteiger partial charge in [-0.3, -0.25) is 0 Å². The van der Waals surface area contributed by atoms with E-state index in [2.05, 4.69) is 33.0 Å². The monoisotopic (exact) mass is 203 g/mol. The molecule has 0 amide bonds. The van der Waals surface area contributed by atoms with Crippen molar-refractivity contribution in [2.75, 3.05) is 13.1 Å². The number of hydrogen-bond acceptors (Lipinski definition) is 1. The summed E-state index contributed by atoms with van der Waals surface area (Å²) in [6.45, 7) is 14.9. The van der Waals surface area contributed by atoms with Crippen LogP contribution in [0.2, 0.25) is 0 Å². The summed E-state index contributed by atoms with van der Waals surface area (Å²) in [7, 11) is 0. The lowest BCUT2D eigenvalue weighted by atomic mass is 10.2. The summed E-state index contributed by atoms with van der Waals surface area (Å²) >= 11 is 0. The van der Waals surface area contributed by atoms with Crippen molar-refractivity contribution in [3.05, 3.63) is 0 Å². The Bertz CT molecular complexity index is 47.2. The first-order chi connectivity index (χ1) is 6.83. The third-order valence-corrected chi connectivity index (χ3v) is 1.71. The van der Waals surface area contributed by atoms with Crippen LogP contribution in [0.1, 0.15) is 73.6 Å². The summed E-state index contributed by atoms with van der Waals surface area (Å²) in [5.41, 5.74) is 0. The molecule has 0 spiro atoms. The summed E-state index contributed by atoms with van der Waals surface area (Å²) in [6, 6.07) is 0. The SMILES string of the molecule is CC.CCCCCCC.CCNCC. The van der Waals surface area contributed by atoms with Crippen molar-refractivity contribution in [2.24, 2.45) is 0 Å². The normalized spacial score (nSPS) is 8.14. The molecule has 0 aliphatic heterocycles. The Labute approximate surface area is 92.7 Å². The van der Waals surface area contributed by atoms with Crippen LogP contribution in [0.5, 0.6) is 0 Å². The first kappa shape index (κ1) is 19.5. The number of unbranched alkanes of at least 4 members (excludes halogenated alkanes) is 4. The average Bonchev–Trinajstić information content (AvgIpc) is 2.24. The van der Waals surface area contributed by atoms with Gasteiger partial charge >= 0.3 is 0 Å². The van der Waals surface area contributed by atoms with Gasteiger partial charge in [0.2, 0.25) is 0 Å². The van der Waals surface area contributed by atoms with Crippen LogP contribution in [-0.4, -0.2) is 13.1 Å². The molecule has 0 aromatic carbocycles.